The molecule has 0 amide bonds. The van der Waals surface area contributed by atoms with Crippen molar-refractivity contribution in [3.8, 4) is 0 Å². The molecule has 1 aromatic carbocycles. The molecule has 0 bridgehead atoms. The second kappa shape index (κ2) is 5.66. The molecule has 0 spiro atoms. The van der Waals surface area contributed by atoms with Gasteiger partial charge in [0.25, 0.3) is 0 Å². The predicted molar refractivity (Wildman–Crippen MR) is 81.6 cm³/mol. The first kappa shape index (κ1) is 13.2. The van der Waals surface area contributed by atoms with E-state index in [1.54, 1.807) is 18.1 Å². The van der Waals surface area contributed by atoms with Crippen LogP contribution in [0.1, 0.15) is 30.4 Å². The SMILES string of the molecule is CC(NC1=NC(c2ccccc2)CS1)c1nncn1C. The highest BCUT2D eigenvalue weighted by Gasteiger charge is 2.22. The normalized spacial score (nSPS) is 19.7. The summed E-state index contributed by atoms with van der Waals surface area (Å²) in [5, 5.41) is 12.4. The van der Waals surface area contributed by atoms with Crippen LogP contribution in [0.2, 0.25) is 0 Å². The molecular weight excluding hydrogens is 270 g/mol. The average Bonchev–Trinajstić information content (AvgIpc) is 3.09. The number of hydrogen-bond donors (Lipinski definition) is 1. The zero-order valence-corrected chi connectivity index (χ0v) is 12.3. The van der Waals surface area contributed by atoms with Gasteiger partial charge in [0.1, 0.15) is 6.33 Å². The molecule has 6 heteroatoms. The maximum Gasteiger partial charge on any atom is 0.157 e. The van der Waals surface area contributed by atoms with Gasteiger partial charge < -0.3 is 9.88 Å². The molecule has 0 saturated carbocycles. The molecule has 3 rings (SSSR count). The number of aliphatic imine (C=N–C) groups is 1. The molecular formula is C14H17N5S. The van der Waals surface area contributed by atoms with E-state index in [-0.39, 0.29) is 12.1 Å². The monoisotopic (exact) mass is 287 g/mol. The first-order valence-electron chi connectivity index (χ1n) is 6.60. The molecule has 1 aliphatic rings. The van der Waals surface area contributed by atoms with E-state index in [9.17, 15) is 0 Å². The van der Waals surface area contributed by atoms with E-state index in [1.165, 1.54) is 5.56 Å². The number of rotatable bonds is 3. The number of aromatic nitrogens is 3. The Kier molecular flexibility index (Phi) is 3.73. The fraction of sp³-hybridized carbons (Fsp3) is 0.357. The van der Waals surface area contributed by atoms with Crippen molar-refractivity contribution in [2.75, 3.05) is 5.75 Å². The number of nitrogens with zero attached hydrogens (tertiary/aromatic N) is 4. The van der Waals surface area contributed by atoms with Gasteiger partial charge in [-0.05, 0) is 12.5 Å². The number of nitrogens with one attached hydrogen (secondary N) is 1. The van der Waals surface area contributed by atoms with Crippen LogP contribution in [0.15, 0.2) is 41.7 Å². The molecule has 5 nitrogen and oxygen atoms in total. The lowest BCUT2D eigenvalue weighted by Gasteiger charge is -2.13. The van der Waals surface area contributed by atoms with Crippen molar-refractivity contribution >= 4 is 16.9 Å². The van der Waals surface area contributed by atoms with E-state index in [2.05, 4.69) is 46.7 Å². The number of hydrogen-bond acceptors (Lipinski definition) is 5. The van der Waals surface area contributed by atoms with Crippen LogP contribution in [-0.2, 0) is 7.05 Å². The van der Waals surface area contributed by atoms with Crippen LogP contribution < -0.4 is 5.32 Å². The Morgan fingerprint density at radius 3 is 2.85 bits per heavy atom. The van der Waals surface area contributed by atoms with Gasteiger partial charge in [-0.25, -0.2) is 0 Å². The summed E-state index contributed by atoms with van der Waals surface area (Å²) in [7, 11) is 1.95. The number of amidine groups is 1. The van der Waals surface area contributed by atoms with Crippen LogP contribution in [0.25, 0.3) is 0 Å². The van der Waals surface area contributed by atoms with Gasteiger partial charge in [0.2, 0.25) is 0 Å². The quantitative estimate of drug-likeness (QED) is 0.941. The zero-order valence-electron chi connectivity index (χ0n) is 11.5. The van der Waals surface area contributed by atoms with E-state index in [1.807, 2.05) is 17.7 Å². The van der Waals surface area contributed by atoms with Gasteiger partial charge in [-0.15, -0.1) is 10.2 Å². The molecule has 1 aromatic heterocycles. The van der Waals surface area contributed by atoms with Crippen molar-refractivity contribution in [2.24, 2.45) is 12.0 Å². The summed E-state index contributed by atoms with van der Waals surface area (Å²) in [5.41, 5.74) is 1.27. The fourth-order valence-corrected chi connectivity index (χ4v) is 3.28. The van der Waals surface area contributed by atoms with E-state index in [0.29, 0.717) is 0 Å². The van der Waals surface area contributed by atoms with Crippen molar-refractivity contribution in [2.45, 2.75) is 19.0 Å². The molecule has 0 fully saturated rings. The third kappa shape index (κ3) is 2.70. The maximum atomic E-state index is 4.75. The van der Waals surface area contributed by atoms with Crippen molar-refractivity contribution < 1.29 is 0 Å². The molecule has 2 unspecified atom stereocenters. The highest BCUT2D eigenvalue weighted by molar-refractivity contribution is 8.14. The Morgan fingerprint density at radius 1 is 1.35 bits per heavy atom. The molecule has 20 heavy (non-hydrogen) atoms. The van der Waals surface area contributed by atoms with Crippen LogP contribution in [0.5, 0.6) is 0 Å². The second-order valence-corrected chi connectivity index (χ2v) is 5.85. The summed E-state index contributed by atoms with van der Waals surface area (Å²) in [5.74, 6) is 1.90. The van der Waals surface area contributed by atoms with Gasteiger partial charge in [-0.2, -0.15) is 0 Å². The molecule has 2 heterocycles. The minimum absolute atomic E-state index is 0.100. The van der Waals surface area contributed by atoms with E-state index in [4.69, 9.17) is 4.99 Å². The van der Waals surface area contributed by atoms with Crippen molar-refractivity contribution in [1.82, 2.24) is 20.1 Å². The number of aryl methyl sites for hydroxylation is 1. The van der Waals surface area contributed by atoms with Gasteiger partial charge in [0.15, 0.2) is 11.0 Å². The van der Waals surface area contributed by atoms with Crippen LogP contribution in [0.4, 0.5) is 0 Å². The summed E-state index contributed by atoms with van der Waals surface area (Å²) >= 11 is 1.76. The highest BCUT2D eigenvalue weighted by atomic mass is 32.2. The minimum atomic E-state index is 0.100. The molecule has 0 aliphatic carbocycles. The standard InChI is InChI=1S/C14H17N5S/c1-10(13-18-15-9-19(13)2)16-14-17-12(8-20-14)11-6-4-3-5-7-11/h3-7,9-10,12H,8H2,1-2H3,(H,16,17). The van der Waals surface area contributed by atoms with E-state index in [0.717, 1.165) is 16.7 Å². The van der Waals surface area contributed by atoms with Gasteiger partial charge in [0, 0.05) is 12.8 Å². The van der Waals surface area contributed by atoms with Crippen molar-refractivity contribution in [3.63, 3.8) is 0 Å². The maximum absolute atomic E-state index is 4.75. The van der Waals surface area contributed by atoms with E-state index >= 15 is 0 Å². The van der Waals surface area contributed by atoms with Crippen molar-refractivity contribution in [3.05, 3.63) is 48.0 Å². The summed E-state index contributed by atoms with van der Waals surface area (Å²) in [4.78, 5) is 4.75. The van der Waals surface area contributed by atoms with Crippen LogP contribution >= 0.6 is 11.8 Å². The van der Waals surface area contributed by atoms with Crippen LogP contribution in [0, 0.1) is 0 Å². The van der Waals surface area contributed by atoms with Gasteiger partial charge >= 0.3 is 0 Å². The summed E-state index contributed by atoms with van der Waals surface area (Å²) in [6, 6.07) is 10.8. The average molecular weight is 287 g/mol. The lowest BCUT2D eigenvalue weighted by Crippen LogP contribution is -2.25. The Bertz CT molecular complexity index is 607. The highest BCUT2D eigenvalue weighted by Crippen LogP contribution is 2.30. The molecule has 2 atom stereocenters. The number of thioether (sulfide) groups is 1. The third-order valence-electron chi connectivity index (χ3n) is 3.31. The molecule has 104 valence electrons. The smallest absolute Gasteiger partial charge is 0.157 e. The summed E-state index contributed by atoms with van der Waals surface area (Å²) in [6.07, 6.45) is 1.71. The molecule has 1 aliphatic heterocycles. The lowest BCUT2D eigenvalue weighted by molar-refractivity contribution is 0.628. The Morgan fingerprint density at radius 2 is 2.15 bits per heavy atom. The summed E-state index contributed by atoms with van der Waals surface area (Å²) in [6.45, 7) is 2.07. The van der Waals surface area contributed by atoms with Gasteiger partial charge in [0.05, 0.1) is 12.1 Å². The lowest BCUT2D eigenvalue weighted by atomic mass is 10.1. The second-order valence-electron chi connectivity index (χ2n) is 4.84. The van der Waals surface area contributed by atoms with Gasteiger partial charge in [-0.3, -0.25) is 4.99 Å². The molecule has 0 radical (unpaired) electrons. The molecule has 0 saturated heterocycles. The van der Waals surface area contributed by atoms with Gasteiger partial charge in [-0.1, -0.05) is 42.1 Å². The van der Waals surface area contributed by atoms with Crippen LogP contribution in [0.3, 0.4) is 0 Å². The predicted octanol–water partition coefficient (Wildman–Crippen LogP) is 2.31. The first-order valence-corrected chi connectivity index (χ1v) is 7.58. The Labute approximate surface area is 122 Å². The topological polar surface area (TPSA) is 55.1 Å². The Balaban J connectivity index is 1.69. The third-order valence-corrected chi connectivity index (χ3v) is 4.29. The minimum Gasteiger partial charge on any atom is -0.355 e. The van der Waals surface area contributed by atoms with Crippen molar-refractivity contribution in [1.29, 1.82) is 0 Å². The fourth-order valence-electron chi connectivity index (χ4n) is 2.23. The Hall–Kier alpha value is -1.82. The van der Waals surface area contributed by atoms with E-state index < -0.39 is 0 Å². The molecule has 2 aromatic rings. The molecule has 1 N–H and O–H groups in total. The first-order chi connectivity index (χ1) is 9.74. The number of benzene rings is 1. The zero-order chi connectivity index (χ0) is 13.9. The summed E-state index contributed by atoms with van der Waals surface area (Å²) < 4.78 is 1.92. The van der Waals surface area contributed by atoms with Crippen LogP contribution in [-0.4, -0.2) is 25.7 Å². The largest absolute Gasteiger partial charge is 0.355 e.